The Bertz CT molecular complexity index is 1000. The molecule has 3 rings (SSSR count). The van der Waals surface area contributed by atoms with Crippen molar-refractivity contribution in [1.82, 2.24) is 5.32 Å². The van der Waals surface area contributed by atoms with Gasteiger partial charge in [-0.3, -0.25) is 4.79 Å². The minimum Gasteiger partial charge on any atom is -0.454 e. The van der Waals surface area contributed by atoms with Gasteiger partial charge in [0.1, 0.15) is 11.6 Å². The number of nitrogens with zero attached hydrogens (tertiary/aromatic N) is 1. The second-order valence-corrected chi connectivity index (χ2v) is 7.03. The van der Waals surface area contributed by atoms with Crippen molar-refractivity contribution in [3.05, 3.63) is 64.7 Å². The number of nitrogens with one attached hydrogen (secondary N) is 1. The molecule has 0 bridgehead atoms. The lowest BCUT2D eigenvalue weighted by Gasteiger charge is -2.07. The van der Waals surface area contributed by atoms with Crippen LogP contribution in [0.5, 0.6) is 11.5 Å². The van der Waals surface area contributed by atoms with Crippen molar-refractivity contribution in [3.8, 4) is 17.6 Å². The molecule has 1 heterocycles. The van der Waals surface area contributed by atoms with E-state index in [2.05, 4.69) is 19.2 Å². The number of carbonyl (C=O) groups excluding carboxylic acids is 2. The van der Waals surface area contributed by atoms with E-state index in [-0.39, 0.29) is 18.9 Å². The largest absolute Gasteiger partial charge is 0.454 e. The number of rotatable bonds is 7. The van der Waals surface area contributed by atoms with E-state index >= 15 is 0 Å². The van der Waals surface area contributed by atoms with Crippen LogP contribution in [0.4, 0.5) is 0 Å². The lowest BCUT2D eigenvalue weighted by Crippen LogP contribution is -2.28. The number of hydrogen-bond acceptors (Lipinski definition) is 6. The topological polar surface area (TPSA) is 97.7 Å². The van der Waals surface area contributed by atoms with Crippen LogP contribution in [-0.4, -0.2) is 25.3 Å². The fourth-order valence-corrected chi connectivity index (χ4v) is 2.79. The van der Waals surface area contributed by atoms with Gasteiger partial charge in [-0.25, -0.2) is 4.79 Å². The monoisotopic (exact) mass is 406 g/mol. The zero-order valence-electron chi connectivity index (χ0n) is 16.8. The Balaban J connectivity index is 1.50. The molecule has 2 aromatic carbocycles. The van der Waals surface area contributed by atoms with E-state index in [0.29, 0.717) is 23.0 Å². The molecule has 0 spiro atoms. The van der Waals surface area contributed by atoms with Crippen LogP contribution in [0.2, 0.25) is 0 Å². The van der Waals surface area contributed by atoms with E-state index in [1.165, 1.54) is 6.08 Å². The number of nitriles is 1. The first-order chi connectivity index (χ1) is 14.5. The zero-order valence-corrected chi connectivity index (χ0v) is 16.8. The lowest BCUT2D eigenvalue weighted by atomic mass is 10.0. The highest BCUT2D eigenvalue weighted by Gasteiger charge is 2.15. The van der Waals surface area contributed by atoms with Crippen LogP contribution in [0.15, 0.2) is 48.0 Å². The van der Waals surface area contributed by atoms with Gasteiger partial charge in [-0.05, 0) is 40.8 Å². The third-order valence-electron chi connectivity index (χ3n) is 4.52. The average molecular weight is 406 g/mol. The summed E-state index contributed by atoms with van der Waals surface area (Å²) in [6.07, 6.45) is 1.44. The Morgan fingerprint density at radius 3 is 2.60 bits per heavy atom. The minimum absolute atomic E-state index is 0.170. The van der Waals surface area contributed by atoms with Gasteiger partial charge in [0.15, 0.2) is 18.1 Å². The van der Waals surface area contributed by atoms with Crippen LogP contribution in [0.3, 0.4) is 0 Å². The SMILES string of the molecule is CC(C)c1ccc(/C=C(\C#N)C(=O)OCC(=O)NCc2ccc3c(c2)OCO3)cc1. The van der Waals surface area contributed by atoms with Crippen molar-refractivity contribution in [3.63, 3.8) is 0 Å². The Kier molecular flexibility index (Phi) is 6.71. The van der Waals surface area contributed by atoms with Gasteiger partial charge in [0, 0.05) is 6.54 Å². The maximum atomic E-state index is 12.1. The molecule has 0 fully saturated rings. The summed E-state index contributed by atoms with van der Waals surface area (Å²) in [7, 11) is 0. The molecule has 1 amide bonds. The highest BCUT2D eigenvalue weighted by molar-refractivity contribution is 5.98. The smallest absolute Gasteiger partial charge is 0.349 e. The molecule has 30 heavy (non-hydrogen) atoms. The van der Waals surface area contributed by atoms with E-state index in [1.54, 1.807) is 18.2 Å². The van der Waals surface area contributed by atoms with Gasteiger partial charge in [0.05, 0.1) is 0 Å². The fraction of sp³-hybridized carbons (Fsp3) is 0.261. The van der Waals surface area contributed by atoms with Crippen molar-refractivity contribution in [1.29, 1.82) is 5.26 Å². The van der Waals surface area contributed by atoms with Gasteiger partial charge in [-0.1, -0.05) is 44.2 Å². The number of esters is 1. The predicted molar refractivity (Wildman–Crippen MR) is 109 cm³/mol. The van der Waals surface area contributed by atoms with Gasteiger partial charge in [-0.2, -0.15) is 5.26 Å². The number of fused-ring (bicyclic) bond motifs is 1. The normalized spacial score (nSPS) is 12.4. The minimum atomic E-state index is -0.844. The molecule has 0 aromatic heterocycles. The number of amides is 1. The fourth-order valence-electron chi connectivity index (χ4n) is 2.79. The molecule has 0 unspecified atom stereocenters. The maximum absolute atomic E-state index is 12.1. The Morgan fingerprint density at radius 2 is 1.90 bits per heavy atom. The number of benzene rings is 2. The van der Waals surface area contributed by atoms with Crippen molar-refractivity contribution >= 4 is 18.0 Å². The van der Waals surface area contributed by atoms with Crippen molar-refractivity contribution < 1.29 is 23.8 Å². The average Bonchev–Trinajstić information content (AvgIpc) is 3.22. The van der Waals surface area contributed by atoms with E-state index < -0.39 is 18.5 Å². The van der Waals surface area contributed by atoms with Crippen LogP contribution < -0.4 is 14.8 Å². The summed E-state index contributed by atoms with van der Waals surface area (Å²) in [4.78, 5) is 24.1. The molecule has 2 aromatic rings. The third-order valence-corrected chi connectivity index (χ3v) is 4.52. The molecule has 7 heteroatoms. The van der Waals surface area contributed by atoms with Crippen LogP contribution in [0.1, 0.15) is 36.5 Å². The predicted octanol–water partition coefficient (Wildman–Crippen LogP) is 3.31. The summed E-state index contributed by atoms with van der Waals surface area (Å²) in [6.45, 7) is 4.11. The van der Waals surface area contributed by atoms with Gasteiger partial charge in [0.25, 0.3) is 5.91 Å². The van der Waals surface area contributed by atoms with Gasteiger partial charge in [0.2, 0.25) is 6.79 Å². The molecular formula is C23H22N2O5. The molecule has 0 radical (unpaired) electrons. The molecule has 0 aliphatic carbocycles. The zero-order chi connectivity index (χ0) is 21.5. The van der Waals surface area contributed by atoms with Gasteiger partial charge >= 0.3 is 5.97 Å². The third kappa shape index (κ3) is 5.39. The van der Waals surface area contributed by atoms with Gasteiger partial charge in [-0.15, -0.1) is 0 Å². The first-order valence-electron chi connectivity index (χ1n) is 9.50. The first kappa shape index (κ1) is 20.9. The van der Waals surface area contributed by atoms with Crippen LogP contribution in [0, 0.1) is 11.3 Å². The second kappa shape index (κ2) is 9.61. The molecular weight excluding hydrogens is 384 g/mol. The van der Waals surface area contributed by atoms with Crippen LogP contribution >= 0.6 is 0 Å². The molecule has 1 aliphatic heterocycles. The van der Waals surface area contributed by atoms with E-state index in [9.17, 15) is 14.9 Å². The highest BCUT2D eigenvalue weighted by Crippen LogP contribution is 2.32. The van der Waals surface area contributed by atoms with Crippen molar-refractivity contribution in [2.24, 2.45) is 0 Å². The first-order valence-corrected chi connectivity index (χ1v) is 9.50. The summed E-state index contributed by atoms with van der Waals surface area (Å²) in [5, 5.41) is 11.9. The lowest BCUT2D eigenvalue weighted by molar-refractivity contribution is -0.144. The van der Waals surface area contributed by atoms with Crippen molar-refractivity contribution in [2.75, 3.05) is 13.4 Å². The molecule has 1 aliphatic rings. The Morgan fingerprint density at radius 1 is 1.17 bits per heavy atom. The van der Waals surface area contributed by atoms with E-state index in [0.717, 1.165) is 11.1 Å². The molecule has 7 nitrogen and oxygen atoms in total. The standard InChI is InChI=1S/C23H22N2O5/c1-15(2)18-6-3-16(4-7-18)9-19(11-24)23(27)28-13-22(26)25-12-17-5-8-20-21(10-17)30-14-29-20/h3-10,15H,12-14H2,1-2H3,(H,25,26)/b19-9+. The van der Waals surface area contributed by atoms with Crippen LogP contribution in [0.25, 0.3) is 6.08 Å². The summed E-state index contributed by atoms with van der Waals surface area (Å²) in [5.41, 5.74) is 2.52. The molecule has 0 saturated carbocycles. The second-order valence-electron chi connectivity index (χ2n) is 7.03. The summed E-state index contributed by atoms with van der Waals surface area (Å²) >= 11 is 0. The van der Waals surface area contributed by atoms with Crippen molar-refractivity contribution in [2.45, 2.75) is 26.3 Å². The van der Waals surface area contributed by atoms with E-state index in [4.69, 9.17) is 14.2 Å². The molecule has 0 saturated heterocycles. The maximum Gasteiger partial charge on any atom is 0.349 e. The molecule has 0 atom stereocenters. The Hall–Kier alpha value is -3.79. The Labute approximate surface area is 174 Å². The highest BCUT2D eigenvalue weighted by atomic mass is 16.7. The summed E-state index contributed by atoms with van der Waals surface area (Å²) in [5.74, 6) is 0.356. The van der Waals surface area contributed by atoms with E-state index in [1.807, 2.05) is 30.3 Å². The van der Waals surface area contributed by atoms with Crippen LogP contribution in [-0.2, 0) is 20.9 Å². The number of hydrogen-bond donors (Lipinski definition) is 1. The molecule has 154 valence electrons. The summed E-state index contributed by atoms with van der Waals surface area (Å²) in [6, 6.07) is 14.7. The number of ether oxygens (including phenoxy) is 3. The van der Waals surface area contributed by atoms with Gasteiger partial charge < -0.3 is 19.5 Å². The summed E-state index contributed by atoms with van der Waals surface area (Å²) < 4.78 is 15.5. The molecule has 1 N–H and O–H groups in total. The quantitative estimate of drug-likeness (QED) is 0.430. The number of carbonyl (C=O) groups is 2.